The van der Waals surface area contributed by atoms with E-state index < -0.39 is 26.8 Å². The van der Waals surface area contributed by atoms with Crippen LogP contribution in [0.4, 0.5) is 11.4 Å². The molecule has 1 aliphatic heterocycles. The van der Waals surface area contributed by atoms with Crippen molar-refractivity contribution in [2.24, 2.45) is 0 Å². The number of anilines is 1. The van der Waals surface area contributed by atoms with E-state index in [-0.39, 0.29) is 30.1 Å². The third-order valence-electron chi connectivity index (χ3n) is 4.59. The number of para-hydroxylation sites is 1. The van der Waals surface area contributed by atoms with E-state index in [4.69, 9.17) is 0 Å². The van der Waals surface area contributed by atoms with Crippen LogP contribution in [0.5, 0.6) is 0 Å². The van der Waals surface area contributed by atoms with Gasteiger partial charge in [-0.2, -0.15) is 0 Å². The number of benzene rings is 2. The van der Waals surface area contributed by atoms with Crippen LogP contribution in [0.3, 0.4) is 0 Å². The SMILES string of the molecule is O=C(CNC(=O)c1cccc([N+](=O)[O-])c1)NCCS(=O)(=O)N1CCc2ccccc21. The predicted octanol–water partition coefficient (Wildman–Crippen LogP) is 0.833. The molecule has 0 aromatic heterocycles. The molecule has 10 nitrogen and oxygen atoms in total. The first-order valence-electron chi connectivity index (χ1n) is 9.15. The van der Waals surface area contributed by atoms with Gasteiger partial charge in [-0.1, -0.05) is 24.3 Å². The van der Waals surface area contributed by atoms with E-state index in [1.807, 2.05) is 12.1 Å². The Morgan fingerprint density at radius 3 is 2.63 bits per heavy atom. The van der Waals surface area contributed by atoms with E-state index in [1.54, 1.807) is 12.1 Å². The molecule has 0 bridgehead atoms. The Kier molecular flexibility index (Phi) is 6.31. The Morgan fingerprint density at radius 1 is 1.10 bits per heavy atom. The van der Waals surface area contributed by atoms with Crippen molar-refractivity contribution in [3.05, 3.63) is 69.8 Å². The highest BCUT2D eigenvalue weighted by molar-refractivity contribution is 7.92. The molecule has 2 aromatic rings. The summed E-state index contributed by atoms with van der Waals surface area (Å²) in [6, 6.07) is 12.4. The summed E-state index contributed by atoms with van der Waals surface area (Å²) in [6.45, 7) is -0.116. The molecular weight excluding hydrogens is 412 g/mol. The molecule has 1 heterocycles. The second-order valence-electron chi connectivity index (χ2n) is 6.61. The van der Waals surface area contributed by atoms with Crippen LogP contribution in [0, 0.1) is 10.1 Å². The minimum absolute atomic E-state index is 0.0484. The highest BCUT2D eigenvalue weighted by Crippen LogP contribution is 2.29. The summed E-state index contributed by atoms with van der Waals surface area (Å²) in [5.74, 6) is -1.48. The number of sulfonamides is 1. The van der Waals surface area contributed by atoms with E-state index in [9.17, 15) is 28.1 Å². The van der Waals surface area contributed by atoms with Gasteiger partial charge in [-0.25, -0.2) is 8.42 Å². The van der Waals surface area contributed by atoms with Crippen LogP contribution in [0.1, 0.15) is 15.9 Å². The van der Waals surface area contributed by atoms with Crippen LogP contribution in [0.25, 0.3) is 0 Å². The first-order chi connectivity index (χ1) is 14.3. The third-order valence-corrected chi connectivity index (χ3v) is 6.36. The van der Waals surface area contributed by atoms with Crippen LogP contribution in [-0.2, 0) is 21.2 Å². The van der Waals surface area contributed by atoms with Crippen molar-refractivity contribution in [2.75, 3.05) is 29.7 Å². The van der Waals surface area contributed by atoms with E-state index >= 15 is 0 Å². The zero-order valence-corrected chi connectivity index (χ0v) is 16.7. The first-order valence-corrected chi connectivity index (χ1v) is 10.8. The Labute approximate surface area is 173 Å². The number of nitro groups is 1. The predicted molar refractivity (Wildman–Crippen MR) is 110 cm³/mol. The number of hydrogen-bond acceptors (Lipinski definition) is 6. The second kappa shape index (κ2) is 8.91. The zero-order valence-electron chi connectivity index (χ0n) is 15.9. The molecule has 0 saturated heterocycles. The fourth-order valence-corrected chi connectivity index (χ4v) is 4.54. The van der Waals surface area contributed by atoms with Crippen molar-refractivity contribution in [1.82, 2.24) is 10.6 Å². The summed E-state index contributed by atoms with van der Waals surface area (Å²) in [5.41, 5.74) is 1.44. The Balaban J connectivity index is 1.47. The highest BCUT2D eigenvalue weighted by atomic mass is 32.2. The van der Waals surface area contributed by atoms with E-state index in [0.29, 0.717) is 18.7 Å². The summed E-state index contributed by atoms with van der Waals surface area (Å²) in [6.07, 6.45) is 0.644. The molecule has 2 N–H and O–H groups in total. The lowest BCUT2D eigenvalue weighted by Gasteiger charge is -2.19. The number of amides is 2. The molecule has 3 rings (SSSR count). The number of nitrogens with zero attached hydrogens (tertiary/aromatic N) is 2. The third kappa shape index (κ3) is 4.92. The number of nitro benzene ring substituents is 1. The number of non-ortho nitro benzene ring substituents is 1. The maximum Gasteiger partial charge on any atom is 0.270 e. The van der Waals surface area contributed by atoms with Crippen LogP contribution in [-0.4, -0.2) is 50.5 Å². The normalized spacial score (nSPS) is 12.9. The molecule has 2 aromatic carbocycles. The quantitative estimate of drug-likeness (QED) is 0.468. The fraction of sp³-hybridized carbons (Fsp3) is 0.263. The van der Waals surface area contributed by atoms with Gasteiger partial charge in [-0.15, -0.1) is 0 Å². The van der Waals surface area contributed by atoms with Crippen molar-refractivity contribution < 1.29 is 22.9 Å². The van der Waals surface area contributed by atoms with Gasteiger partial charge in [0.25, 0.3) is 11.6 Å². The maximum atomic E-state index is 12.6. The number of fused-ring (bicyclic) bond motifs is 1. The first kappa shape index (κ1) is 21.2. The highest BCUT2D eigenvalue weighted by Gasteiger charge is 2.28. The maximum absolute atomic E-state index is 12.6. The van der Waals surface area contributed by atoms with Gasteiger partial charge in [0.15, 0.2) is 0 Å². The molecule has 1 aliphatic rings. The van der Waals surface area contributed by atoms with Gasteiger partial charge in [0.2, 0.25) is 15.9 Å². The standard InChI is InChI=1S/C19H20N4O6S/c24-18(13-21-19(25)15-5-3-6-16(12-15)23(26)27)20-9-11-30(28,29)22-10-8-14-4-1-2-7-17(14)22/h1-7,12H,8-11,13H2,(H,20,24)(H,21,25). The number of rotatable bonds is 8. The molecule has 0 atom stereocenters. The molecule has 0 saturated carbocycles. The number of carbonyl (C=O) groups excluding carboxylic acids is 2. The van der Waals surface area contributed by atoms with Crippen molar-refractivity contribution in [3.63, 3.8) is 0 Å². The van der Waals surface area contributed by atoms with Gasteiger partial charge < -0.3 is 10.6 Å². The van der Waals surface area contributed by atoms with Gasteiger partial charge in [0.1, 0.15) is 0 Å². The molecule has 0 unspecified atom stereocenters. The molecule has 2 amide bonds. The van der Waals surface area contributed by atoms with Crippen LogP contribution in [0.15, 0.2) is 48.5 Å². The molecule has 0 aliphatic carbocycles. The number of nitrogens with one attached hydrogen (secondary N) is 2. The molecule has 0 radical (unpaired) electrons. The largest absolute Gasteiger partial charge is 0.353 e. The minimum atomic E-state index is -3.59. The molecule has 158 valence electrons. The summed E-state index contributed by atoms with van der Waals surface area (Å²) in [5, 5.41) is 15.6. The minimum Gasteiger partial charge on any atom is -0.353 e. The molecule has 0 spiro atoms. The van der Waals surface area contributed by atoms with Crippen molar-refractivity contribution in [3.8, 4) is 0 Å². The van der Waals surface area contributed by atoms with Crippen molar-refractivity contribution >= 4 is 33.2 Å². The lowest BCUT2D eigenvalue weighted by atomic mass is 10.2. The summed E-state index contributed by atoms with van der Waals surface area (Å²) in [7, 11) is -3.59. The van der Waals surface area contributed by atoms with Crippen molar-refractivity contribution in [2.45, 2.75) is 6.42 Å². The number of hydrogen-bond donors (Lipinski definition) is 2. The fourth-order valence-electron chi connectivity index (χ4n) is 3.11. The second-order valence-corrected chi connectivity index (χ2v) is 8.62. The Morgan fingerprint density at radius 2 is 1.87 bits per heavy atom. The Bertz CT molecular complexity index is 1090. The number of carbonyl (C=O) groups is 2. The smallest absolute Gasteiger partial charge is 0.270 e. The summed E-state index contributed by atoms with van der Waals surface area (Å²) in [4.78, 5) is 34.1. The van der Waals surface area contributed by atoms with Gasteiger partial charge in [0.05, 0.1) is 22.9 Å². The topological polar surface area (TPSA) is 139 Å². The van der Waals surface area contributed by atoms with E-state index in [1.165, 1.54) is 22.5 Å². The lowest BCUT2D eigenvalue weighted by molar-refractivity contribution is -0.384. The van der Waals surface area contributed by atoms with Crippen LogP contribution < -0.4 is 14.9 Å². The average molecular weight is 432 g/mol. The summed E-state index contributed by atoms with van der Waals surface area (Å²) >= 11 is 0. The van der Waals surface area contributed by atoms with Crippen molar-refractivity contribution in [1.29, 1.82) is 0 Å². The zero-order chi connectivity index (χ0) is 21.7. The van der Waals surface area contributed by atoms with Gasteiger partial charge in [0, 0.05) is 30.8 Å². The molecule has 30 heavy (non-hydrogen) atoms. The lowest BCUT2D eigenvalue weighted by Crippen LogP contribution is -2.41. The molecular formula is C19H20N4O6S. The molecule has 0 fully saturated rings. The van der Waals surface area contributed by atoms with Crippen LogP contribution in [0.2, 0.25) is 0 Å². The van der Waals surface area contributed by atoms with Gasteiger partial charge >= 0.3 is 0 Å². The van der Waals surface area contributed by atoms with Gasteiger partial charge in [-0.05, 0) is 24.1 Å². The van der Waals surface area contributed by atoms with E-state index in [2.05, 4.69) is 10.6 Å². The van der Waals surface area contributed by atoms with Crippen LogP contribution >= 0.6 is 0 Å². The summed E-state index contributed by atoms with van der Waals surface area (Å²) < 4.78 is 26.5. The Hall–Kier alpha value is -3.47. The van der Waals surface area contributed by atoms with E-state index in [0.717, 1.165) is 11.6 Å². The monoisotopic (exact) mass is 432 g/mol. The molecule has 11 heteroatoms. The van der Waals surface area contributed by atoms with Gasteiger partial charge in [-0.3, -0.25) is 24.0 Å². The average Bonchev–Trinajstić information content (AvgIpc) is 3.17.